The van der Waals surface area contributed by atoms with Gasteiger partial charge in [0.2, 0.25) is 0 Å². The Morgan fingerprint density at radius 2 is 1.86 bits per heavy atom. The molecule has 116 valence electrons. The van der Waals surface area contributed by atoms with Gasteiger partial charge in [-0.25, -0.2) is 4.79 Å². The lowest BCUT2D eigenvalue weighted by Gasteiger charge is -2.23. The van der Waals surface area contributed by atoms with Crippen LogP contribution in [0.25, 0.3) is 0 Å². The Labute approximate surface area is 129 Å². The number of alkyl carbamates (subject to hydrolysis) is 1. The third kappa shape index (κ3) is 7.04. The molecule has 0 aliphatic carbocycles. The van der Waals surface area contributed by atoms with Gasteiger partial charge in [0.05, 0.1) is 12.9 Å². The minimum atomic E-state index is -0.571. The third-order valence-electron chi connectivity index (χ3n) is 2.35. The van der Waals surface area contributed by atoms with E-state index in [1.165, 1.54) is 18.9 Å². The molecule has 0 saturated heterocycles. The first kappa shape index (κ1) is 17.4. The van der Waals surface area contributed by atoms with E-state index >= 15 is 0 Å². The molecule has 6 heteroatoms. The summed E-state index contributed by atoms with van der Waals surface area (Å²) in [5, 5.41) is 2.39. The first-order chi connectivity index (χ1) is 9.81. The highest BCUT2D eigenvalue weighted by Gasteiger charge is 2.21. The van der Waals surface area contributed by atoms with Gasteiger partial charge in [0, 0.05) is 0 Å². The summed E-state index contributed by atoms with van der Waals surface area (Å²) in [4.78, 5) is 23.2. The normalized spacial score (nSPS) is 12.4. The first-order valence-electron chi connectivity index (χ1n) is 6.54. The lowest BCUT2D eigenvalue weighted by Crippen LogP contribution is -2.34. The summed E-state index contributed by atoms with van der Waals surface area (Å²) in [5.74, 6) is -0.196. The van der Waals surface area contributed by atoms with Crippen LogP contribution in [0.15, 0.2) is 30.3 Å². The standard InChI is InChI=1S/C15H21NO4S/c1-15(2,3)20-14(18)16-13(21-10-12(17)19-4)11-8-6-5-7-9-11/h5-9,13H,10H2,1-4H3,(H,16,18)/t13-/m0/s1. The minimum absolute atomic E-state index is 0.145. The molecule has 1 aromatic rings. The van der Waals surface area contributed by atoms with Crippen LogP contribution in [0.4, 0.5) is 4.79 Å². The Bertz CT molecular complexity index is 470. The van der Waals surface area contributed by atoms with E-state index in [1.54, 1.807) is 20.8 Å². The SMILES string of the molecule is COC(=O)CS[C@H](NC(=O)OC(C)(C)C)c1ccccc1. The van der Waals surface area contributed by atoms with Crippen LogP contribution in [0.5, 0.6) is 0 Å². The number of hydrogen-bond acceptors (Lipinski definition) is 5. The number of amides is 1. The number of methoxy groups -OCH3 is 1. The Kier molecular flexibility index (Phi) is 6.55. The van der Waals surface area contributed by atoms with Crippen LogP contribution < -0.4 is 5.32 Å². The van der Waals surface area contributed by atoms with Crippen molar-refractivity contribution >= 4 is 23.8 Å². The Morgan fingerprint density at radius 3 is 2.38 bits per heavy atom. The van der Waals surface area contributed by atoms with Crippen molar-refractivity contribution in [2.24, 2.45) is 0 Å². The Hall–Kier alpha value is -1.69. The number of rotatable bonds is 5. The van der Waals surface area contributed by atoms with E-state index in [1.807, 2.05) is 30.3 Å². The van der Waals surface area contributed by atoms with Crippen molar-refractivity contribution < 1.29 is 19.1 Å². The molecule has 1 amide bonds. The zero-order chi connectivity index (χ0) is 15.9. The predicted octanol–water partition coefficient (Wildman–Crippen LogP) is 3.12. The van der Waals surface area contributed by atoms with Crippen LogP contribution in [0.3, 0.4) is 0 Å². The van der Waals surface area contributed by atoms with Gasteiger partial charge in [0.15, 0.2) is 0 Å². The second-order valence-electron chi connectivity index (χ2n) is 5.32. The van der Waals surface area contributed by atoms with E-state index in [2.05, 4.69) is 10.1 Å². The second kappa shape index (κ2) is 7.93. The topological polar surface area (TPSA) is 64.6 Å². The minimum Gasteiger partial charge on any atom is -0.468 e. The van der Waals surface area contributed by atoms with Gasteiger partial charge in [-0.2, -0.15) is 0 Å². The van der Waals surface area contributed by atoms with Crippen molar-refractivity contribution in [1.29, 1.82) is 0 Å². The van der Waals surface area contributed by atoms with E-state index in [4.69, 9.17) is 4.74 Å². The molecule has 1 aromatic carbocycles. The maximum absolute atomic E-state index is 11.9. The number of thioether (sulfide) groups is 1. The molecule has 0 aromatic heterocycles. The summed E-state index contributed by atoms with van der Waals surface area (Å²) in [6.07, 6.45) is -0.520. The van der Waals surface area contributed by atoms with E-state index in [0.29, 0.717) is 0 Å². The average Bonchev–Trinajstić information content (AvgIpc) is 2.42. The van der Waals surface area contributed by atoms with Crippen LogP contribution in [0.1, 0.15) is 31.7 Å². The third-order valence-corrected chi connectivity index (χ3v) is 3.47. The quantitative estimate of drug-likeness (QED) is 0.668. The molecule has 0 heterocycles. The summed E-state index contributed by atoms with van der Waals surface area (Å²) in [6.45, 7) is 5.39. The van der Waals surface area contributed by atoms with Gasteiger partial charge < -0.3 is 14.8 Å². The van der Waals surface area contributed by atoms with Crippen molar-refractivity contribution in [1.82, 2.24) is 5.32 Å². The monoisotopic (exact) mass is 311 g/mol. The highest BCUT2D eigenvalue weighted by molar-refractivity contribution is 8.00. The fraction of sp³-hybridized carbons (Fsp3) is 0.467. The molecule has 5 nitrogen and oxygen atoms in total. The summed E-state index contributed by atoms with van der Waals surface area (Å²) < 4.78 is 9.86. The molecule has 1 rings (SSSR count). The molecule has 1 atom stereocenters. The highest BCUT2D eigenvalue weighted by atomic mass is 32.2. The van der Waals surface area contributed by atoms with Crippen molar-refractivity contribution in [3.05, 3.63) is 35.9 Å². The van der Waals surface area contributed by atoms with Crippen LogP contribution in [0.2, 0.25) is 0 Å². The van der Waals surface area contributed by atoms with Crippen LogP contribution >= 0.6 is 11.8 Å². The zero-order valence-corrected chi connectivity index (χ0v) is 13.5. The van der Waals surface area contributed by atoms with E-state index < -0.39 is 11.7 Å². The highest BCUT2D eigenvalue weighted by Crippen LogP contribution is 2.26. The number of ether oxygens (including phenoxy) is 2. The molecular weight excluding hydrogens is 290 g/mol. The molecule has 0 spiro atoms. The van der Waals surface area contributed by atoms with E-state index in [9.17, 15) is 9.59 Å². The van der Waals surface area contributed by atoms with E-state index in [-0.39, 0.29) is 17.1 Å². The molecule has 0 aliphatic rings. The zero-order valence-electron chi connectivity index (χ0n) is 12.7. The van der Waals surface area contributed by atoms with Gasteiger partial charge in [0.1, 0.15) is 11.0 Å². The number of esters is 1. The van der Waals surface area contributed by atoms with Gasteiger partial charge >= 0.3 is 12.1 Å². The van der Waals surface area contributed by atoms with Gasteiger partial charge in [0.25, 0.3) is 0 Å². The largest absolute Gasteiger partial charge is 0.468 e. The number of carbonyl (C=O) groups is 2. The van der Waals surface area contributed by atoms with Crippen LogP contribution in [-0.2, 0) is 14.3 Å². The fourth-order valence-electron chi connectivity index (χ4n) is 1.47. The average molecular weight is 311 g/mol. The second-order valence-corrected chi connectivity index (χ2v) is 6.42. The summed E-state index contributed by atoms with van der Waals surface area (Å²) >= 11 is 1.28. The van der Waals surface area contributed by atoms with Crippen molar-refractivity contribution in [3.63, 3.8) is 0 Å². The summed E-state index contributed by atoms with van der Waals surface area (Å²) in [5.41, 5.74) is 0.315. The molecule has 0 aliphatic heterocycles. The number of benzene rings is 1. The molecule has 21 heavy (non-hydrogen) atoms. The number of hydrogen-bond donors (Lipinski definition) is 1. The molecule has 0 saturated carbocycles. The molecule has 0 bridgehead atoms. The molecule has 0 fully saturated rings. The maximum Gasteiger partial charge on any atom is 0.408 e. The van der Waals surface area contributed by atoms with Crippen molar-refractivity contribution in [3.8, 4) is 0 Å². The van der Waals surface area contributed by atoms with Gasteiger partial charge in [-0.05, 0) is 26.3 Å². The lowest BCUT2D eigenvalue weighted by atomic mass is 10.2. The van der Waals surface area contributed by atoms with Crippen molar-refractivity contribution in [2.75, 3.05) is 12.9 Å². The van der Waals surface area contributed by atoms with Crippen molar-refractivity contribution in [2.45, 2.75) is 31.7 Å². The number of carbonyl (C=O) groups excluding carboxylic acids is 2. The summed E-state index contributed by atoms with van der Waals surface area (Å²) in [6, 6.07) is 9.40. The van der Waals surface area contributed by atoms with Gasteiger partial charge in [-0.1, -0.05) is 30.3 Å². The smallest absolute Gasteiger partial charge is 0.408 e. The Morgan fingerprint density at radius 1 is 1.24 bits per heavy atom. The Balaban J connectivity index is 2.73. The molecular formula is C15H21NO4S. The molecule has 0 radical (unpaired) electrons. The van der Waals surface area contributed by atoms with E-state index in [0.717, 1.165) is 5.56 Å². The predicted molar refractivity (Wildman–Crippen MR) is 83.0 cm³/mol. The summed E-state index contributed by atoms with van der Waals surface area (Å²) in [7, 11) is 1.34. The van der Waals surface area contributed by atoms with Crippen LogP contribution in [-0.4, -0.2) is 30.5 Å². The van der Waals surface area contributed by atoms with Gasteiger partial charge in [-0.15, -0.1) is 11.8 Å². The lowest BCUT2D eigenvalue weighted by molar-refractivity contribution is -0.137. The fourth-order valence-corrected chi connectivity index (χ4v) is 2.42. The molecule has 1 N–H and O–H groups in total. The maximum atomic E-state index is 11.9. The van der Waals surface area contributed by atoms with Gasteiger partial charge in [-0.3, -0.25) is 4.79 Å². The molecule has 0 unspecified atom stereocenters. The van der Waals surface area contributed by atoms with Crippen LogP contribution in [0, 0.1) is 0 Å². The number of nitrogens with one attached hydrogen (secondary N) is 1. The first-order valence-corrected chi connectivity index (χ1v) is 7.59.